The Morgan fingerprint density at radius 2 is 2.06 bits per heavy atom. The lowest BCUT2D eigenvalue weighted by atomic mass is 9.96. The molecule has 1 saturated heterocycles. The lowest BCUT2D eigenvalue weighted by Crippen LogP contribution is -2.40. The lowest BCUT2D eigenvalue weighted by Gasteiger charge is -2.32. The van der Waals surface area contributed by atoms with Gasteiger partial charge in [-0.25, -0.2) is 0 Å². The van der Waals surface area contributed by atoms with Gasteiger partial charge in [-0.2, -0.15) is 0 Å². The summed E-state index contributed by atoms with van der Waals surface area (Å²) in [5.41, 5.74) is 0. The largest absolute Gasteiger partial charge is 0.390 e. The van der Waals surface area contributed by atoms with Crippen molar-refractivity contribution in [3.05, 3.63) is 0 Å². The molecule has 1 unspecified atom stereocenters. The van der Waals surface area contributed by atoms with E-state index in [-0.39, 0.29) is 6.10 Å². The second kappa shape index (κ2) is 8.86. The molecule has 0 spiro atoms. The van der Waals surface area contributed by atoms with Crippen molar-refractivity contribution in [2.24, 2.45) is 5.92 Å². The topological polar surface area (TPSA) is 38.7 Å². The van der Waals surface area contributed by atoms with E-state index in [4.69, 9.17) is 0 Å². The summed E-state index contributed by atoms with van der Waals surface area (Å²) in [6, 6.07) is 0. The van der Waals surface area contributed by atoms with Gasteiger partial charge >= 0.3 is 0 Å². The molecule has 108 valence electrons. The fourth-order valence-corrected chi connectivity index (χ4v) is 2.63. The average molecular weight is 257 g/mol. The number of nitrogens with one attached hydrogen (secondary N) is 1. The summed E-state index contributed by atoms with van der Waals surface area (Å²) in [6.07, 6.45) is 3.47. The number of likely N-dealkylation sites (tertiary alicyclic amines) is 1. The van der Waals surface area contributed by atoms with E-state index in [0.717, 1.165) is 32.0 Å². The predicted molar refractivity (Wildman–Crippen MR) is 76.9 cm³/mol. The van der Waals surface area contributed by atoms with Gasteiger partial charge < -0.3 is 20.2 Å². The van der Waals surface area contributed by atoms with E-state index in [1.165, 1.54) is 25.9 Å². The van der Waals surface area contributed by atoms with Crippen molar-refractivity contribution < 1.29 is 5.11 Å². The molecule has 1 heterocycles. The predicted octanol–water partition coefficient (Wildman–Crippen LogP) is 0.621. The molecule has 0 aliphatic carbocycles. The molecule has 0 radical (unpaired) electrons. The quantitative estimate of drug-likeness (QED) is 0.625. The second-order valence-corrected chi connectivity index (χ2v) is 5.83. The smallest absolute Gasteiger partial charge is 0.0791 e. The van der Waals surface area contributed by atoms with Crippen LogP contribution >= 0.6 is 0 Å². The van der Waals surface area contributed by atoms with Crippen LogP contribution in [0, 0.1) is 5.92 Å². The van der Waals surface area contributed by atoms with Crippen molar-refractivity contribution in [3.8, 4) is 0 Å². The molecule has 0 aromatic heterocycles. The number of hydrogen-bond donors (Lipinski definition) is 2. The van der Waals surface area contributed by atoms with Gasteiger partial charge in [0.1, 0.15) is 0 Å². The highest BCUT2D eigenvalue weighted by molar-refractivity contribution is 4.74. The zero-order valence-electron chi connectivity index (χ0n) is 12.4. The zero-order valence-corrected chi connectivity index (χ0v) is 12.4. The Bertz CT molecular complexity index is 205. The number of piperidine rings is 1. The molecular weight excluding hydrogens is 226 g/mol. The number of aliphatic hydroxyl groups is 1. The number of aliphatic hydroxyl groups excluding tert-OH is 1. The maximum Gasteiger partial charge on any atom is 0.0791 e. The molecule has 2 N–H and O–H groups in total. The van der Waals surface area contributed by atoms with Crippen LogP contribution in [-0.2, 0) is 0 Å². The molecule has 4 heteroatoms. The Morgan fingerprint density at radius 1 is 1.39 bits per heavy atom. The van der Waals surface area contributed by atoms with Crippen molar-refractivity contribution in [2.75, 3.05) is 53.4 Å². The monoisotopic (exact) mass is 257 g/mol. The third-order valence-corrected chi connectivity index (χ3v) is 3.74. The number of hydrogen-bond acceptors (Lipinski definition) is 4. The molecule has 0 aromatic carbocycles. The molecule has 1 rings (SSSR count). The number of nitrogens with zero attached hydrogens (tertiary/aromatic N) is 2. The summed E-state index contributed by atoms with van der Waals surface area (Å²) in [5, 5.41) is 13.2. The van der Waals surface area contributed by atoms with Crippen molar-refractivity contribution >= 4 is 0 Å². The molecule has 18 heavy (non-hydrogen) atoms. The van der Waals surface area contributed by atoms with E-state index in [9.17, 15) is 5.11 Å². The van der Waals surface area contributed by atoms with Gasteiger partial charge in [0.05, 0.1) is 6.10 Å². The molecule has 1 aliphatic heterocycles. The highest BCUT2D eigenvalue weighted by Crippen LogP contribution is 2.16. The normalized spacial score (nSPS) is 20.5. The average Bonchev–Trinajstić information content (AvgIpc) is 2.32. The fraction of sp³-hybridized carbons (Fsp3) is 1.00. The van der Waals surface area contributed by atoms with Gasteiger partial charge in [-0.05, 0) is 58.9 Å². The maximum absolute atomic E-state index is 9.91. The van der Waals surface area contributed by atoms with E-state index >= 15 is 0 Å². The molecule has 1 aliphatic rings. The van der Waals surface area contributed by atoms with Crippen LogP contribution in [0.2, 0.25) is 0 Å². The maximum atomic E-state index is 9.91. The standard InChI is InChI=1S/C14H31N3O/c1-4-7-15-10-14(18)12-17(3)11-13-5-8-16(2)9-6-13/h13-15,18H,4-12H2,1-3H3. The van der Waals surface area contributed by atoms with E-state index in [2.05, 4.69) is 36.1 Å². The minimum Gasteiger partial charge on any atom is -0.390 e. The summed E-state index contributed by atoms with van der Waals surface area (Å²) < 4.78 is 0. The molecular formula is C14H31N3O. The van der Waals surface area contributed by atoms with Gasteiger partial charge in [-0.3, -0.25) is 0 Å². The second-order valence-electron chi connectivity index (χ2n) is 5.83. The third kappa shape index (κ3) is 6.69. The van der Waals surface area contributed by atoms with Gasteiger partial charge in [-0.15, -0.1) is 0 Å². The van der Waals surface area contributed by atoms with Crippen molar-refractivity contribution in [2.45, 2.75) is 32.3 Å². The number of rotatable bonds is 8. The van der Waals surface area contributed by atoms with E-state index in [0.29, 0.717) is 6.54 Å². The molecule has 1 atom stereocenters. The SMILES string of the molecule is CCCNCC(O)CN(C)CC1CCN(C)CC1. The van der Waals surface area contributed by atoms with Gasteiger partial charge in [-0.1, -0.05) is 6.92 Å². The zero-order chi connectivity index (χ0) is 13.4. The first-order valence-electron chi connectivity index (χ1n) is 7.37. The van der Waals surface area contributed by atoms with Crippen LogP contribution in [0.15, 0.2) is 0 Å². The Balaban J connectivity index is 2.10. The molecule has 0 saturated carbocycles. The van der Waals surface area contributed by atoms with Gasteiger partial charge in [0, 0.05) is 19.6 Å². The van der Waals surface area contributed by atoms with Crippen molar-refractivity contribution in [1.82, 2.24) is 15.1 Å². The molecule has 0 bridgehead atoms. The number of likely N-dealkylation sites (N-methyl/N-ethyl adjacent to an activating group) is 1. The fourth-order valence-electron chi connectivity index (χ4n) is 2.63. The van der Waals surface area contributed by atoms with Crippen LogP contribution in [0.25, 0.3) is 0 Å². The summed E-state index contributed by atoms with van der Waals surface area (Å²) >= 11 is 0. The molecule has 0 amide bonds. The van der Waals surface area contributed by atoms with E-state index in [1.54, 1.807) is 0 Å². The first-order chi connectivity index (χ1) is 8.61. The highest BCUT2D eigenvalue weighted by atomic mass is 16.3. The van der Waals surface area contributed by atoms with Crippen LogP contribution < -0.4 is 5.32 Å². The summed E-state index contributed by atoms with van der Waals surface area (Å²) in [4.78, 5) is 4.69. The Kier molecular flexibility index (Phi) is 7.82. The molecule has 4 nitrogen and oxygen atoms in total. The van der Waals surface area contributed by atoms with Crippen LogP contribution in [0.3, 0.4) is 0 Å². The minimum absolute atomic E-state index is 0.243. The molecule has 0 aromatic rings. The molecule has 1 fully saturated rings. The van der Waals surface area contributed by atoms with Crippen LogP contribution in [0.1, 0.15) is 26.2 Å². The Morgan fingerprint density at radius 3 is 2.67 bits per heavy atom. The van der Waals surface area contributed by atoms with Crippen LogP contribution in [0.5, 0.6) is 0 Å². The first kappa shape index (κ1) is 15.9. The Hall–Kier alpha value is -0.160. The minimum atomic E-state index is -0.243. The van der Waals surface area contributed by atoms with Crippen molar-refractivity contribution in [3.63, 3.8) is 0 Å². The lowest BCUT2D eigenvalue weighted by molar-refractivity contribution is 0.105. The summed E-state index contributed by atoms with van der Waals surface area (Å²) in [6.45, 7) is 8.20. The van der Waals surface area contributed by atoms with Crippen LogP contribution in [-0.4, -0.2) is 74.4 Å². The van der Waals surface area contributed by atoms with Gasteiger partial charge in [0.25, 0.3) is 0 Å². The third-order valence-electron chi connectivity index (χ3n) is 3.74. The van der Waals surface area contributed by atoms with Gasteiger partial charge in [0.15, 0.2) is 0 Å². The summed E-state index contributed by atoms with van der Waals surface area (Å²) in [7, 11) is 4.32. The highest BCUT2D eigenvalue weighted by Gasteiger charge is 2.19. The van der Waals surface area contributed by atoms with E-state index in [1.807, 2.05) is 0 Å². The van der Waals surface area contributed by atoms with Gasteiger partial charge in [0.2, 0.25) is 0 Å². The Labute approximate surface area is 112 Å². The van der Waals surface area contributed by atoms with Crippen LogP contribution in [0.4, 0.5) is 0 Å². The van der Waals surface area contributed by atoms with Crippen molar-refractivity contribution in [1.29, 1.82) is 0 Å². The van der Waals surface area contributed by atoms with E-state index < -0.39 is 0 Å². The first-order valence-corrected chi connectivity index (χ1v) is 7.37. The summed E-state index contributed by atoms with van der Waals surface area (Å²) in [5.74, 6) is 0.807.